The summed E-state index contributed by atoms with van der Waals surface area (Å²) in [7, 11) is 0. The lowest BCUT2D eigenvalue weighted by Crippen LogP contribution is -2.30. The van der Waals surface area contributed by atoms with Crippen LogP contribution in [0.4, 0.5) is 0 Å². The zero-order valence-electron chi connectivity index (χ0n) is 44.6. The summed E-state index contributed by atoms with van der Waals surface area (Å²) in [5.74, 6) is -0.441. The van der Waals surface area contributed by atoms with Gasteiger partial charge in [-0.3, -0.25) is 9.59 Å². The van der Waals surface area contributed by atoms with Crippen LogP contribution in [0.1, 0.15) is 252 Å². The summed E-state index contributed by atoms with van der Waals surface area (Å²) in [4.78, 5) is 25.5. The van der Waals surface area contributed by atoms with E-state index in [0.29, 0.717) is 19.4 Å². The van der Waals surface area contributed by atoms with E-state index in [9.17, 15) is 9.59 Å². The average Bonchev–Trinajstić information content (AvgIpc) is 3.34. The van der Waals surface area contributed by atoms with Crippen LogP contribution < -0.4 is 0 Å². The maximum atomic E-state index is 12.9. The smallest absolute Gasteiger partial charge is 0.306 e. The standard InChI is InChI=1S/C63H106O5/c1-4-7-10-13-16-19-22-25-28-31-34-37-40-43-46-49-52-55-58-66-59-61(68-63(65)57-54-51-48-45-42-39-36-33-30-27-24-21-18-15-12-9-6-3)60-67-62(64)56-53-50-47-44-41-38-35-32-29-26-23-20-17-14-11-8-5-2/h7-8,10-11,16-17,19-20,25-30,34-35,37-38,61H,4-6,9,12-15,18,21-24,31-33,36,39-60H2,1-3H3/b10-7-,11-8-,19-16-,20-17-,28-25-,29-26-,30-27-,37-34-,38-35-. The van der Waals surface area contributed by atoms with Gasteiger partial charge in [0, 0.05) is 19.4 Å². The van der Waals surface area contributed by atoms with Crippen molar-refractivity contribution in [1.29, 1.82) is 0 Å². The molecule has 0 aliphatic heterocycles. The van der Waals surface area contributed by atoms with E-state index < -0.39 is 6.10 Å². The van der Waals surface area contributed by atoms with Crippen LogP contribution in [0, 0.1) is 0 Å². The Hall–Kier alpha value is -3.44. The molecular formula is C63H106O5. The van der Waals surface area contributed by atoms with Crippen LogP contribution in [0.2, 0.25) is 0 Å². The summed E-state index contributed by atoms with van der Waals surface area (Å²) in [5, 5.41) is 0. The summed E-state index contributed by atoms with van der Waals surface area (Å²) < 4.78 is 17.4. The third kappa shape index (κ3) is 55.2. The number of allylic oxidation sites excluding steroid dienone is 18. The molecule has 388 valence electrons. The van der Waals surface area contributed by atoms with E-state index in [2.05, 4.69) is 130 Å². The molecule has 5 heteroatoms. The molecule has 0 aromatic rings. The van der Waals surface area contributed by atoms with Crippen molar-refractivity contribution in [3.8, 4) is 0 Å². The highest BCUT2D eigenvalue weighted by atomic mass is 16.6. The van der Waals surface area contributed by atoms with Crippen LogP contribution in [0.3, 0.4) is 0 Å². The molecule has 0 saturated carbocycles. The second-order valence-electron chi connectivity index (χ2n) is 18.4. The van der Waals surface area contributed by atoms with Gasteiger partial charge in [0.2, 0.25) is 0 Å². The zero-order valence-corrected chi connectivity index (χ0v) is 44.6. The third-order valence-corrected chi connectivity index (χ3v) is 11.8. The molecule has 0 rings (SSSR count). The average molecular weight is 944 g/mol. The SMILES string of the molecule is CC/C=C\C/C=C\C/C=C\C/C=C\CCCCCCCOCC(COC(=O)CCCCCC/C=C\C/C=C\C/C=C\C/C=C\CC)OC(=O)CCCCCCCCC/C=C\CCCCCCCC. The molecule has 1 atom stereocenters. The first kappa shape index (κ1) is 64.6. The van der Waals surface area contributed by atoms with Gasteiger partial charge in [-0.25, -0.2) is 0 Å². The molecule has 5 nitrogen and oxygen atoms in total. The highest BCUT2D eigenvalue weighted by Crippen LogP contribution is 2.14. The van der Waals surface area contributed by atoms with Crippen LogP contribution in [-0.4, -0.2) is 37.9 Å². The van der Waals surface area contributed by atoms with E-state index >= 15 is 0 Å². The van der Waals surface area contributed by atoms with Crippen molar-refractivity contribution in [2.24, 2.45) is 0 Å². The Morgan fingerprint density at radius 1 is 0.338 bits per heavy atom. The van der Waals surface area contributed by atoms with E-state index in [1.54, 1.807) is 0 Å². The first-order valence-electron chi connectivity index (χ1n) is 28.4. The topological polar surface area (TPSA) is 61.8 Å². The van der Waals surface area contributed by atoms with E-state index in [1.165, 1.54) is 96.3 Å². The molecule has 0 heterocycles. The lowest BCUT2D eigenvalue weighted by molar-refractivity contribution is -0.163. The maximum Gasteiger partial charge on any atom is 0.306 e. The van der Waals surface area contributed by atoms with Crippen molar-refractivity contribution in [1.82, 2.24) is 0 Å². The number of carbonyl (C=O) groups excluding carboxylic acids is 2. The van der Waals surface area contributed by atoms with Crippen LogP contribution in [-0.2, 0) is 23.8 Å². The quantitative estimate of drug-likeness (QED) is 0.0345. The summed E-state index contributed by atoms with van der Waals surface area (Å²) >= 11 is 0. The largest absolute Gasteiger partial charge is 0.462 e. The Morgan fingerprint density at radius 2 is 0.662 bits per heavy atom. The Balaban J connectivity index is 4.38. The highest BCUT2D eigenvalue weighted by molar-refractivity contribution is 5.70. The summed E-state index contributed by atoms with van der Waals surface area (Å²) in [6.45, 7) is 7.53. The molecule has 0 N–H and O–H groups in total. The van der Waals surface area contributed by atoms with Crippen molar-refractivity contribution >= 4 is 11.9 Å². The van der Waals surface area contributed by atoms with Crippen molar-refractivity contribution < 1.29 is 23.8 Å². The van der Waals surface area contributed by atoms with Gasteiger partial charge in [-0.2, -0.15) is 0 Å². The summed E-state index contributed by atoms with van der Waals surface area (Å²) in [6.07, 6.45) is 79.6. The molecule has 0 aliphatic rings. The second-order valence-corrected chi connectivity index (χ2v) is 18.4. The van der Waals surface area contributed by atoms with Gasteiger partial charge in [-0.15, -0.1) is 0 Å². The molecule has 0 fully saturated rings. The number of rotatable bonds is 51. The third-order valence-electron chi connectivity index (χ3n) is 11.8. The van der Waals surface area contributed by atoms with Crippen LogP contribution in [0.15, 0.2) is 109 Å². The van der Waals surface area contributed by atoms with Gasteiger partial charge >= 0.3 is 11.9 Å². The molecule has 0 bridgehead atoms. The number of hydrogen-bond acceptors (Lipinski definition) is 5. The molecule has 0 radical (unpaired) electrons. The van der Waals surface area contributed by atoms with Crippen LogP contribution >= 0.6 is 0 Å². The molecule has 0 saturated heterocycles. The Kier molecular flexibility index (Phi) is 54.9. The summed E-state index contributed by atoms with van der Waals surface area (Å²) in [5.41, 5.74) is 0. The van der Waals surface area contributed by atoms with Crippen molar-refractivity contribution in [3.05, 3.63) is 109 Å². The maximum absolute atomic E-state index is 12.9. The van der Waals surface area contributed by atoms with Gasteiger partial charge in [-0.05, 0) is 122 Å². The number of ether oxygens (including phenoxy) is 3. The van der Waals surface area contributed by atoms with Gasteiger partial charge in [0.1, 0.15) is 6.61 Å². The van der Waals surface area contributed by atoms with E-state index in [0.717, 1.165) is 122 Å². The molecule has 0 amide bonds. The molecule has 0 aromatic heterocycles. The van der Waals surface area contributed by atoms with E-state index in [4.69, 9.17) is 14.2 Å². The number of esters is 2. The van der Waals surface area contributed by atoms with Gasteiger partial charge in [0.05, 0.1) is 6.61 Å². The molecule has 1 unspecified atom stereocenters. The monoisotopic (exact) mass is 943 g/mol. The molecule has 0 aliphatic carbocycles. The van der Waals surface area contributed by atoms with Crippen molar-refractivity contribution in [2.75, 3.05) is 19.8 Å². The fourth-order valence-corrected chi connectivity index (χ4v) is 7.60. The lowest BCUT2D eigenvalue weighted by Gasteiger charge is -2.18. The fraction of sp³-hybridized carbons (Fsp3) is 0.683. The van der Waals surface area contributed by atoms with E-state index in [-0.39, 0.29) is 25.2 Å². The molecule has 68 heavy (non-hydrogen) atoms. The lowest BCUT2D eigenvalue weighted by atomic mass is 10.1. The minimum atomic E-state index is -0.566. The van der Waals surface area contributed by atoms with Crippen molar-refractivity contribution in [3.63, 3.8) is 0 Å². The van der Waals surface area contributed by atoms with Gasteiger partial charge in [0.15, 0.2) is 6.10 Å². The normalized spacial score (nSPS) is 13.0. The minimum absolute atomic E-state index is 0.0575. The first-order valence-corrected chi connectivity index (χ1v) is 28.4. The molecule has 0 aromatic carbocycles. The van der Waals surface area contributed by atoms with Crippen LogP contribution in [0.25, 0.3) is 0 Å². The molecular weight excluding hydrogens is 837 g/mol. The number of carbonyl (C=O) groups is 2. The van der Waals surface area contributed by atoms with Crippen LogP contribution in [0.5, 0.6) is 0 Å². The predicted molar refractivity (Wildman–Crippen MR) is 297 cm³/mol. The predicted octanol–water partition coefficient (Wildman–Crippen LogP) is 19.6. The summed E-state index contributed by atoms with van der Waals surface area (Å²) in [6, 6.07) is 0. The van der Waals surface area contributed by atoms with Crippen molar-refractivity contribution in [2.45, 2.75) is 258 Å². The Bertz CT molecular complexity index is 1340. The minimum Gasteiger partial charge on any atom is -0.462 e. The highest BCUT2D eigenvalue weighted by Gasteiger charge is 2.17. The first-order chi connectivity index (χ1) is 33.6. The number of unbranched alkanes of at least 4 members (excludes halogenated alkanes) is 22. The fourth-order valence-electron chi connectivity index (χ4n) is 7.60. The number of hydrogen-bond donors (Lipinski definition) is 0. The van der Waals surface area contributed by atoms with Gasteiger partial charge < -0.3 is 14.2 Å². The van der Waals surface area contributed by atoms with E-state index in [1.807, 2.05) is 0 Å². The molecule has 0 spiro atoms. The zero-order chi connectivity index (χ0) is 49.2. The Morgan fingerprint density at radius 3 is 1.07 bits per heavy atom. The second kappa shape index (κ2) is 57.9. The van der Waals surface area contributed by atoms with Gasteiger partial charge in [0.25, 0.3) is 0 Å². The van der Waals surface area contributed by atoms with Gasteiger partial charge in [-0.1, -0.05) is 226 Å². The Labute approximate surface area is 421 Å².